The van der Waals surface area contributed by atoms with Crippen molar-refractivity contribution in [2.24, 2.45) is 0 Å². The van der Waals surface area contributed by atoms with E-state index in [1.54, 1.807) is 18.2 Å². The van der Waals surface area contributed by atoms with Crippen LogP contribution < -0.4 is 0 Å². The van der Waals surface area contributed by atoms with Gasteiger partial charge in [0.15, 0.2) is 0 Å². The fourth-order valence-corrected chi connectivity index (χ4v) is 4.39. The van der Waals surface area contributed by atoms with Gasteiger partial charge in [-0.15, -0.1) is 0 Å². The second-order valence-electron chi connectivity index (χ2n) is 7.66. The Labute approximate surface area is 169 Å². The first kappa shape index (κ1) is 18.1. The van der Waals surface area contributed by atoms with Crippen molar-refractivity contribution in [2.45, 2.75) is 19.4 Å². The van der Waals surface area contributed by atoms with Crippen LogP contribution in [-0.4, -0.2) is 22.6 Å². The molecule has 1 aliphatic rings. The summed E-state index contributed by atoms with van der Waals surface area (Å²) in [6, 6.07) is 22.0. The number of aromatic nitrogens is 1. The molecule has 146 valence electrons. The molecule has 0 unspecified atom stereocenters. The van der Waals surface area contributed by atoms with E-state index in [1.165, 1.54) is 35.0 Å². The molecule has 2 nitrogen and oxygen atoms in total. The molecule has 0 radical (unpaired) electrons. The summed E-state index contributed by atoms with van der Waals surface area (Å²) < 4.78 is 29.7. The van der Waals surface area contributed by atoms with Gasteiger partial charge < -0.3 is 4.57 Å². The molecule has 29 heavy (non-hydrogen) atoms. The predicted molar refractivity (Wildman–Crippen MR) is 112 cm³/mol. The maximum atomic E-state index is 14.1. The van der Waals surface area contributed by atoms with Crippen LogP contribution in [0, 0.1) is 11.6 Å². The Morgan fingerprint density at radius 2 is 1.59 bits per heavy atom. The van der Waals surface area contributed by atoms with Crippen LogP contribution in [0.3, 0.4) is 0 Å². The van der Waals surface area contributed by atoms with Crippen molar-refractivity contribution < 1.29 is 8.78 Å². The molecular formula is C25H22F2N2. The summed E-state index contributed by atoms with van der Waals surface area (Å²) in [5.41, 5.74) is 5.62. The molecule has 1 aromatic heterocycles. The smallest absolute Gasteiger partial charge is 0.123 e. The molecule has 0 spiro atoms. The minimum Gasteiger partial charge on any atom is -0.313 e. The van der Waals surface area contributed by atoms with Crippen molar-refractivity contribution >= 4 is 10.9 Å². The van der Waals surface area contributed by atoms with Crippen molar-refractivity contribution in [2.75, 3.05) is 13.1 Å². The van der Waals surface area contributed by atoms with Gasteiger partial charge >= 0.3 is 0 Å². The molecule has 0 N–H and O–H groups in total. The monoisotopic (exact) mass is 388 g/mol. The lowest BCUT2D eigenvalue weighted by Gasteiger charge is -2.28. The van der Waals surface area contributed by atoms with Crippen molar-refractivity contribution in [1.29, 1.82) is 0 Å². The largest absolute Gasteiger partial charge is 0.313 e. The molecule has 0 amide bonds. The highest BCUT2D eigenvalue weighted by atomic mass is 19.1. The molecule has 4 aromatic rings. The molecule has 0 saturated carbocycles. The molecule has 5 rings (SSSR count). The SMILES string of the molecule is Fc1ccc(-n2c3c(c4cc(F)ccc42)CN(CCc2ccccc2)CC3)cc1. The van der Waals surface area contributed by atoms with E-state index in [0.29, 0.717) is 0 Å². The van der Waals surface area contributed by atoms with Gasteiger partial charge in [-0.25, -0.2) is 8.78 Å². The first-order chi connectivity index (χ1) is 14.2. The van der Waals surface area contributed by atoms with Crippen molar-refractivity contribution in [3.8, 4) is 5.69 Å². The molecule has 3 aromatic carbocycles. The third kappa shape index (κ3) is 3.45. The average molecular weight is 388 g/mol. The third-order valence-corrected chi connectivity index (χ3v) is 5.83. The van der Waals surface area contributed by atoms with Crippen LogP contribution in [0.4, 0.5) is 8.78 Å². The zero-order valence-electron chi connectivity index (χ0n) is 16.1. The second-order valence-corrected chi connectivity index (χ2v) is 7.66. The number of fused-ring (bicyclic) bond motifs is 3. The summed E-state index contributed by atoms with van der Waals surface area (Å²) in [4.78, 5) is 2.44. The van der Waals surface area contributed by atoms with Crippen LogP contribution in [0.2, 0.25) is 0 Å². The molecule has 4 heteroatoms. The first-order valence-electron chi connectivity index (χ1n) is 10.0. The van der Waals surface area contributed by atoms with E-state index in [0.717, 1.165) is 49.1 Å². The zero-order valence-corrected chi connectivity index (χ0v) is 16.1. The van der Waals surface area contributed by atoms with E-state index in [9.17, 15) is 8.78 Å². The van der Waals surface area contributed by atoms with Gasteiger partial charge in [-0.3, -0.25) is 4.90 Å². The van der Waals surface area contributed by atoms with Gasteiger partial charge in [0.2, 0.25) is 0 Å². The van der Waals surface area contributed by atoms with Gasteiger partial charge in [-0.2, -0.15) is 0 Å². The molecular weight excluding hydrogens is 366 g/mol. The Morgan fingerprint density at radius 3 is 2.38 bits per heavy atom. The summed E-state index contributed by atoms with van der Waals surface area (Å²) in [6.45, 7) is 2.73. The Bertz CT molecular complexity index is 1150. The molecule has 0 bridgehead atoms. The standard InChI is InChI=1S/C25H22F2N2/c26-19-6-9-21(10-7-19)29-24-11-8-20(27)16-22(24)23-17-28(15-13-25(23)29)14-12-18-4-2-1-3-5-18/h1-11,16H,12-15,17H2. The highest BCUT2D eigenvalue weighted by Crippen LogP contribution is 2.34. The van der Waals surface area contributed by atoms with E-state index in [4.69, 9.17) is 0 Å². The quantitative estimate of drug-likeness (QED) is 0.448. The van der Waals surface area contributed by atoms with Gasteiger partial charge in [0.25, 0.3) is 0 Å². The van der Waals surface area contributed by atoms with Gasteiger partial charge in [-0.1, -0.05) is 30.3 Å². The van der Waals surface area contributed by atoms with E-state index in [-0.39, 0.29) is 11.6 Å². The average Bonchev–Trinajstić information content (AvgIpc) is 3.06. The first-order valence-corrected chi connectivity index (χ1v) is 10.0. The molecule has 0 atom stereocenters. The maximum absolute atomic E-state index is 14.1. The van der Waals surface area contributed by atoms with Gasteiger partial charge in [0, 0.05) is 42.8 Å². The van der Waals surface area contributed by atoms with Crippen LogP contribution in [0.5, 0.6) is 0 Å². The lowest BCUT2D eigenvalue weighted by Crippen LogP contribution is -2.32. The Kier molecular flexibility index (Phi) is 4.64. The highest BCUT2D eigenvalue weighted by Gasteiger charge is 2.25. The lowest BCUT2D eigenvalue weighted by molar-refractivity contribution is 0.256. The Balaban J connectivity index is 1.51. The zero-order chi connectivity index (χ0) is 19.8. The Hall–Kier alpha value is -2.98. The fraction of sp³-hybridized carbons (Fsp3) is 0.200. The summed E-state index contributed by atoms with van der Waals surface area (Å²) in [5, 5.41) is 0.953. The minimum atomic E-state index is -0.253. The Morgan fingerprint density at radius 1 is 0.828 bits per heavy atom. The maximum Gasteiger partial charge on any atom is 0.123 e. The van der Waals surface area contributed by atoms with E-state index >= 15 is 0 Å². The molecule has 0 saturated heterocycles. The second kappa shape index (κ2) is 7.45. The normalized spacial score (nSPS) is 14.3. The van der Waals surface area contributed by atoms with Crippen LogP contribution in [0.25, 0.3) is 16.6 Å². The number of nitrogens with zero attached hydrogens (tertiary/aromatic N) is 2. The van der Waals surface area contributed by atoms with Crippen LogP contribution in [0.1, 0.15) is 16.8 Å². The van der Waals surface area contributed by atoms with Crippen LogP contribution in [-0.2, 0) is 19.4 Å². The summed E-state index contributed by atoms with van der Waals surface area (Å²) in [5.74, 6) is -0.477. The van der Waals surface area contributed by atoms with Crippen LogP contribution in [0.15, 0.2) is 72.8 Å². The lowest BCUT2D eigenvalue weighted by atomic mass is 10.0. The van der Waals surface area contributed by atoms with Gasteiger partial charge in [-0.05, 0) is 60.0 Å². The number of rotatable bonds is 4. The van der Waals surface area contributed by atoms with Gasteiger partial charge in [0.05, 0.1) is 5.52 Å². The summed E-state index contributed by atoms with van der Waals surface area (Å²) in [6.07, 6.45) is 1.89. The molecule has 2 heterocycles. The van der Waals surface area contributed by atoms with Crippen molar-refractivity contribution in [3.63, 3.8) is 0 Å². The van der Waals surface area contributed by atoms with Crippen molar-refractivity contribution in [3.05, 3.63) is 101 Å². The van der Waals surface area contributed by atoms with E-state index < -0.39 is 0 Å². The summed E-state index contributed by atoms with van der Waals surface area (Å²) >= 11 is 0. The van der Waals surface area contributed by atoms with Crippen molar-refractivity contribution in [1.82, 2.24) is 9.47 Å². The highest BCUT2D eigenvalue weighted by molar-refractivity contribution is 5.87. The minimum absolute atomic E-state index is 0.224. The number of hydrogen-bond donors (Lipinski definition) is 0. The fourth-order valence-electron chi connectivity index (χ4n) is 4.39. The molecule has 0 fully saturated rings. The van der Waals surface area contributed by atoms with E-state index in [2.05, 4.69) is 33.7 Å². The van der Waals surface area contributed by atoms with Gasteiger partial charge in [0.1, 0.15) is 11.6 Å². The summed E-state index contributed by atoms with van der Waals surface area (Å²) in [7, 11) is 0. The van der Waals surface area contributed by atoms with E-state index in [1.807, 2.05) is 12.1 Å². The topological polar surface area (TPSA) is 8.17 Å². The number of benzene rings is 3. The third-order valence-electron chi connectivity index (χ3n) is 5.83. The van der Waals surface area contributed by atoms with Crippen LogP contribution >= 0.6 is 0 Å². The number of hydrogen-bond acceptors (Lipinski definition) is 1. The number of halogens is 2. The predicted octanol–water partition coefficient (Wildman–Crippen LogP) is 5.51. The molecule has 1 aliphatic heterocycles. The molecule has 0 aliphatic carbocycles.